The second kappa shape index (κ2) is 6.50. The summed E-state index contributed by atoms with van der Waals surface area (Å²) in [6.45, 7) is 1.83. The highest BCUT2D eigenvalue weighted by molar-refractivity contribution is 5.83. The average Bonchev–Trinajstić information content (AvgIpc) is 2.91. The summed E-state index contributed by atoms with van der Waals surface area (Å²) in [5, 5.41) is 3.08. The maximum atomic E-state index is 13.0. The van der Waals surface area contributed by atoms with E-state index in [1.807, 2.05) is 25.1 Å². The zero-order chi connectivity index (χ0) is 16.4. The Bertz CT molecular complexity index is 699. The highest BCUT2D eigenvalue weighted by atomic mass is 19.1. The summed E-state index contributed by atoms with van der Waals surface area (Å²) >= 11 is 0. The zero-order valence-corrected chi connectivity index (χ0v) is 13.3. The summed E-state index contributed by atoms with van der Waals surface area (Å²) < 4.78 is 18.6. The van der Waals surface area contributed by atoms with Crippen molar-refractivity contribution in [3.63, 3.8) is 0 Å². The quantitative estimate of drug-likeness (QED) is 0.940. The van der Waals surface area contributed by atoms with Gasteiger partial charge in [-0.1, -0.05) is 36.4 Å². The lowest BCUT2D eigenvalue weighted by Gasteiger charge is -2.22. The van der Waals surface area contributed by atoms with Crippen molar-refractivity contribution in [2.45, 2.75) is 31.4 Å². The molecule has 2 aromatic carbocycles. The van der Waals surface area contributed by atoms with Crippen molar-refractivity contribution >= 4 is 5.91 Å². The lowest BCUT2D eigenvalue weighted by atomic mass is 9.99. The molecule has 0 spiro atoms. The molecule has 0 heterocycles. The van der Waals surface area contributed by atoms with E-state index < -0.39 is 0 Å². The van der Waals surface area contributed by atoms with E-state index in [1.54, 1.807) is 19.2 Å². The molecule has 3 nitrogen and oxygen atoms in total. The maximum absolute atomic E-state index is 13.0. The fourth-order valence-electron chi connectivity index (χ4n) is 3.19. The van der Waals surface area contributed by atoms with E-state index in [4.69, 9.17) is 4.74 Å². The third-order valence-electron chi connectivity index (χ3n) is 4.51. The molecule has 0 aromatic heterocycles. The number of halogens is 1. The van der Waals surface area contributed by atoms with E-state index in [2.05, 4.69) is 11.4 Å². The number of ether oxygens (including phenoxy) is 1. The van der Waals surface area contributed by atoms with Crippen LogP contribution in [0.25, 0.3) is 0 Å². The average molecular weight is 313 g/mol. The highest BCUT2D eigenvalue weighted by Crippen LogP contribution is 2.34. The minimum absolute atomic E-state index is 0.0727. The van der Waals surface area contributed by atoms with E-state index in [0.717, 1.165) is 17.5 Å². The third-order valence-corrected chi connectivity index (χ3v) is 4.51. The van der Waals surface area contributed by atoms with Gasteiger partial charge in [0, 0.05) is 7.11 Å². The number of nitrogens with one attached hydrogen (secondary N) is 1. The van der Waals surface area contributed by atoms with E-state index in [0.29, 0.717) is 0 Å². The Morgan fingerprint density at radius 2 is 1.91 bits per heavy atom. The third kappa shape index (κ3) is 3.13. The molecule has 2 aromatic rings. The number of amides is 1. The Balaban J connectivity index is 1.72. The Morgan fingerprint density at radius 1 is 1.22 bits per heavy atom. The van der Waals surface area contributed by atoms with Crippen LogP contribution in [0.15, 0.2) is 48.5 Å². The lowest BCUT2D eigenvalue weighted by molar-refractivity contribution is -0.123. The topological polar surface area (TPSA) is 38.3 Å². The first-order chi connectivity index (χ1) is 11.1. The molecule has 120 valence electrons. The summed E-state index contributed by atoms with van der Waals surface area (Å²) in [6.07, 6.45) is 0.631. The number of fused-ring (bicyclic) bond motifs is 1. The van der Waals surface area contributed by atoms with Gasteiger partial charge < -0.3 is 10.1 Å². The molecule has 1 amide bonds. The first-order valence-corrected chi connectivity index (χ1v) is 7.76. The summed E-state index contributed by atoms with van der Waals surface area (Å²) in [4.78, 5) is 12.5. The maximum Gasteiger partial charge on any atom is 0.227 e. The number of benzene rings is 2. The SMILES string of the molecule is CO[C@H]1c2ccccc2C[C@@H]1NC(=O)[C@@H](C)c1ccc(F)cc1. The minimum atomic E-state index is -0.336. The van der Waals surface area contributed by atoms with Crippen LogP contribution >= 0.6 is 0 Å². The summed E-state index contributed by atoms with van der Waals surface area (Å²) in [5.41, 5.74) is 3.14. The zero-order valence-electron chi connectivity index (χ0n) is 13.3. The molecule has 1 aliphatic rings. The number of hydrogen-bond acceptors (Lipinski definition) is 2. The van der Waals surface area contributed by atoms with Crippen molar-refractivity contribution in [2.75, 3.05) is 7.11 Å². The van der Waals surface area contributed by atoms with Crippen LogP contribution < -0.4 is 5.32 Å². The largest absolute Gasteiger partial charge is 0.375 e. The van der Waals surface area contributed by atoms with Gasteiger partial charge in [-0.3, -0.25) is 4.79 Å². The molecular formula is C19H20FNO2. The normalized spacial score (nSPS) is 20.8. The van der Waals surface area contributed by atoms with Crippen LogP contribution in [-0.2, 0) is 16.0 Å². The van der Waals surface area contributed by atoms with Gasteiger partial charge in [0.05, 0.1) is 12.0 Å². The van der Waals surface area contributed by atoms with Crippen LogP contribution in [0.5, 0.6) is 0 Å². The van der Waals surface area contributed by atoms with Crippen molar-refractivity contribution in [3.05, 3.63) is 71.0 Å². The van der Waals surface area contributed by atoms with Crippen molar-refractivity contribution in [1.82, 2.24) is 5.32 Å². The molecule has 3 rings (SSSR count). The second-order valence-electron chi connectivity index (χ2n) is 5.95. The van der Waals surface area contributed by atoms with E-state index in [1.165, 1.54) is 17.7 Å². The monoisotopic (exact) mass is 313 g/mol. The fraction of sp³-hybridized carbons (Fsp3) is 0.316. The molecule has 0 saturated heterocycles. The fourth-order valence-corrected chi connectivity index (χ4v) is 3.19. The van der Waals surface area contributed by atoms with Crippen LogP contribution in [-0.4, -0.2) is 19.1 Å². The Kier molecular flexibility index (Phi) is 4.44. The molecule has 4 heteroatoms. The molecule has 0 aliphatic heterocycles. The van der Waals surface area contributed by atoms with E-state index >= 15 is 0 Å². The molecule has 23 heavy (non-hydrogen) atoms. The van der Waals surface area contributed by atoms with Crippen molar-refractivity contribution in [2.24, 2.45) is 0 Å². The first-order valence-electron chi connectivity index (χ1n) is 7.76. The van der Waals surface area contributed by atoms with Crippen LogP contribution in [0.2, 0.25) is 0 Å². The Morgan fingerprint density at radius 3 is 2.61 bits per heavy atom. The van der Waals surface area contributed by atoms with Crippen molar-refractivity contribution < 1.29 is 13.9 Å². The molecule has 1 N–H and O–H groups in total. The van der Waals surface area contributed by atoms with Gasteiger partial charge in [-0.05, 0) is 42.2 Å². The molecule has 0 fully saturated rings. The van der Waals surface area contributed by atoms with E-state index in [9.17, 15) is 9.18 Å². The Hall–Kier alpha value is -2.20. The molecule has 1 aliphatic carbocycles. The molecule has 0 radical (unpaired) electrons. The van der Waals surface area contributed by atoms with Crippen LogP contribution in [0.1, 0.15) is 35.6 Å². The van der Waals surface area contributed by atoms with Crippen LogP contribution in [0.4, 0.5) is 4.39 Å². The minimum Gasteiger partial charge on any atom is -0.375 e. The number of methoxy groups -OCH3 is 1. The van der Waals surface area contributed by atoms with Crippen molar-refractivity contribution in [1.29, 1.82) is 0 Å². The van der Waals surface area contributed by atoms with Gasteiger partial charge in [0.1, 0.15) is 11.9 Å². The Labute approximate surface area is 135 Å². The molecule has 0 unspecified atom stereocenters. The standard InChI is InChI=1S/C19H20FNO2/c1-12(13-7-9-15(20)10-8-13)19(22)21-17-11-14-5-3-4-6-16(14)18(17)23-2/h3-10,12,17-18H,11H2,1-2H3,(H,21,22)/t12-,17-,18-/m0/s1. The van der Waals surface area contributed by atoms with Crippen LogP contribution in [0.3, 0.4) is 0 Å². The van der Waals surface area contributed by atoms with Gasteiger partial charge in [0.2, 0.25) is 5.91 Å². The second-order valence-corrected chi connectivity index (χ2v) is 5.95. The summed E-state index contributed by atoms with van der Waals surface area (Å²) in [6, 6.07) is 14.1. The highest BCUT2D eigenvalue weighted by Gasteiger charge is 2.34. The number of carbonyl (C=O) groups excluding carboxylic acids is 1. The first kappa shape index (κ1) is 15.7. The lowest BCUT2D eigenvalue weighted by Crippen LogP contribution is -2.40. The molecule has 3 atom stereocenters. The van der Waals surface area contributed by atoms with Gasteiger partial charge in [-0.2, -0.15) is 0 Å². The number of hydrogen-bond donors (Lipinski definition) is 1. The van der Waals surface area contributed by atoms with Gasteiger partial charge in [-0.25, -0.2) is 4.39 Å². The summed E-state index contributed by atoms with van der Waals surface area (Å²) in [7, 11) is 1.66. The molecule has 0 bridgehead atoms. The molecule has 0 saturated carbocycles. The van der Waals surface area contributed by atoms with E-state index in [-0.39, 0.29) is 29.8 Å². The van der Waals surface area contributed by atoms with Gasteiger partial charge in [-0.15, -0.1) is 0 Å². The predicted molar refractivity (Wildman–Crippen MR) is 86.6 cm³/mol. The molecular weight excluding hydrogens is 293 g/mol. The van der Waals surface area contributed by atoms with Gasteiger partial charge in [0.15, 0.2) is 0 Å². The summed E-state index contributed by atoms with van der Waals surface area (Å²) in [5.74, 6) is -0.708. The van der Waals surface area contributed by atoms with Crippen LogP contribution in [0, 0.1) is 5.82 Å². The smallest absolute Gasteiger partial charge is 0.227 e. The van der Waals surface area contributed by atoms with Gasteiger partial charge in [0.25, 0.3) is 0 Å². The van der Waals surface area contributed by atoms with Crippen molar-refractivity contribution in [3.8, 4) is 0 Å². The van der Waals surface area contributed by atoms with Gasteiger partial charge >= 0.3 is 0 Å². The number of rotatable bonds is 4. The predicted octanol–water partition coefficient (Wildman–Crippen LogP) is 3.36. The number of carbonyl (C=O) groups is 1.